The fraction of sp³-hybridized carbons (Fsp3) is 0.174. The van der Waals surface area contributed by atoms with Gasteiger partial charge < -0.3 is 5.32 Å². The molecule has 1 N–H and O–H groups in total. The van der Waals surface area contributed by atoms with E-state index in [0.717, 1.165) is 9.87 Å². The molecule has 0 bridgehead atoms. The molecule has 0 aliphatic heterocycles. The van der Waals surface area contributed by atoms with E-state index in [2.05, 4.69) is 5.32 Å². The molecule has 3 aromatic carbocycles. The molecule has 0 aromatic heterocycles. The molecule has 5 nitrogen and oxygen atoms in total. The van der Waals surface area contributed by atoms with Crippen molar-refractivity contribution in [3.8, 4) is 0 Å². The van der Waals surface area contributed by atoms with Crippen molar-refractivity contribution in [2.45, 2.75) is 24.4 Å². The summed E-state index contributed by atoms with van der Waals surface area (Å²) in [5.74, 6) is -0.488. The highest BCUT2D eigenvalue weighted by Gasteiger charge is 2.28. The van der Waals surface area contributed by atoms with Gasteiger partial charge in [-0.05, 0) is 61.0 Å². The Labute approximate surface area is 213 Å². The van der Waals surface area contributed by atoms with E-state index in [1.54, 1.807) is 49.4 Å². The van der Waals surface area contributed by atoms with Gasteiger partial charge in [0.05, 0.1) is 17.5 Å². The molecule has 3 aromatic rings. The van der Waals surface area contributed by atoms with Crippen LogP contribution in [0.15, 0.2) is 71.6 Å². The van der Waals surface area contributed by atoms with E-state index >= 15 is 0 Å². The van der Waals surface area contributed by atoms with Crippen molar-refractivity contribution in [3.05, 3.63) is 97.9 Å². The Hall–Kier alpha value is -1.80. The Bertz CT molecular complexity index is 1210. The van der Waals surface area contributed by atoms with Crippen LogP contribution in [0, 0.1) is 0 Å². The maximum absolute atomic E-state index is 13.4. The van der Waals surface area contributed by atoms with Gasteiger partial charge in [-0.3, -0.25) is 4.79 Å². The number of halogens is 4. The van der Waals surface area contributed by atoms with Gasteiger partial charge in [0.25, 0.3) is 0 Å². The van der Waals surface area contributed by atoms with Crippen molar-refractivity contribution < 1.29 is 13.2 Å². The lowest BCUT2D eigenvalue weighted by Gasteiger charge is -2.24. The molecule has 0 heterocycles. The van der Waals surface area contributed by atoms with Crippen LogP contribution in [0.1, 0.15) is 24.1 Å². The van der Waals surface area contributed by atoms with Gasteiger partial charge in [0.2, 0.25) is 15.9 Å². The minimum Gasteiger partial charge on any atom is -0.348 e. The highest BCUT2D eigenvalue weighted by molar-refractivity contribution is 7.89. The molecule has 33 heavy (non-hydrogen) atoms. The zero-order valence-corrected chi connectivity index (χ0v) is 21.3. The summed E-state index contributed by atoms with van der Waals surface area (Å²) in [6, 6.07) is 17.2. The number of carbonyl (C=O) groups excluding carboxylic acids is 1. The molecule has 0 fully saturated rings. The average molecular weight is 546 g/mol. The molecule has 1 amide bonds. The minimum absolute atomic E-state index is 0.00590. The first-order valence-electron chi connectivity index (χ1n) is 9.81. The second kappa shape index (κ2) is 11.1. The van der Waals surface area contributed by atoms with Crippen LogP contribution in [0.3, 0.4) is 0 Å². The Morgan fingerprint density at radius 1 is 0.879 bits per heavy atom. The number of hydrogen-bond acceptors (Lipinski definition) is 3. The van der Waals surface area contributed by atoms with Crippen molar-refractivity contribution in [2.75, 3.05) is 6.54 Å². The summed E-state index contributed by atoms with van der Waals surface area (Å²) < 4.78 is 27.8. The predicted octanol–water partition coefficient (Wildman–Crippen LogP) is 6.37. The number of nitrogens with one attached hydrogen (secondary N) is 1. The van der Waals surface area contributed by atoms with E-state index < -0.39 is 22.5 Å². The second-order valence-electron chi connectivity index (χ2n) is 7.27. The molecule has 174 valence electrons. The number of benzene rings is 3. The van der Waals surface area contributed by atoms with E-state index in [0.29, 0.717) is 25.7 Å². The highest BCUT2D eigenvalue weighted by Crippen LogP contribution is 2.28. The first-order valence-corrected chi connectivity index (χ1v) is 12.8. The van der Waals surface area contributed by atoms with Crippen molar-refractivity contribution >= 4 is 62.3 Å². The third-order valence-electron chi connectivity index (χ3n) is 4.92. The third kappa shape index (κ3) is 6.63. The summed E-state index contributed by atoms with van der Waals surface area (Å²) in [5.41, 5.74) is 1.23. The molecular weight excluding hydrogens is 526 g/mol. The topological polar surface area (TPSA) is 66.5 Å². The molecule has 0 radical (unpaired) electrons. The summed E-state index contributed by atoms with van der Waals surface area (Å²) in [4.78, 5) is 12.9. The van der Waals surface area contributed by atoms with Gasteiger partial charge in [-0.2, -0.15) is 4.31 Å². The van der Waals surface area contributed by atoms with Crippen molar-refractivity contribution in [1.82, 2.24) is 9.62 Å². The Balaban J connectivity index is 1.88. The predicted molar refractivity (Wildman–Crippen MR) is 134 cm³/mol. The van der Waals surface area contributed by atoms with Gasteiger partial charge >= 0.3 is 0 Å². The maximum Gasteiger partial charge on any atom is 0.243 e. The van der Waals surface area contributed by atoms with Crippen molar-refractivity contribution in [1.29, 1.82) is 0 Å². The van der Waals surface area contributed by atoms with Gasteiger partial charge in [-0.25, -0.2) is 8.42 Å². The fourth-order valence-electron chi connectivity index (χ4n) is 3.12. The number of carbonyl (C=O) groups is 1. The minimum atomic E-state index is -4.07. The zero-order chi connectivity index (χ0) is 24.2. The normalized spacial score (nSPS) is 12.5. The number of sulfonamides is 1. The Kier molecular flexibility index (Phi) is 8.67. The summed E-state index contributed by atoms with van der Waals surface area (Å²) in [5, 5.41) is 4.39. The fourth-order valence-corrected chi connectivity index (χ4v) is 5.26. The number of nitrogens with zero attached hydrogens (tertiary/aromatic N) is 1. The van der Waals surface area contributed by atoms with Crippen LogP contribution >= 0.6 is 46.4 Å². The molecule has 1 atom stereocenters. The van der Waals surface area contributed by atoms with Crippen LogP contribution in [0.25, 0.3) is 0 Å². The Morgan fingerprint density at radius 3 is 1.94 bits per heavy atom. The van der Waals surface area contributed by atoms with Crippen LogP contribution in [0.2, 0.25) is 20.1 Å². The second-order valence-corrected chi connectivity index (χ2v) is 10.9. The molecule has 3 rings (SSSR count). The third-order valence-corrected chi connectivity index (χ3v) is 7.93. The quantitative estimate of drug-likeness (QED) is 0.357. The van der Waals surface area contributed by atoms with Gasteiger partial charge in [0, 0.05) is 32.2 Å². The molecule has 0 spiro atoms. The largest absolute Gasteiger partial charge is 0.348 e. The monoisotopic (exact) mass is 544 g/mol. The molecule has 10 heteroatoms. The summed E-state index contributed by atoms with van der Waals surface area (Å²) in [6.07, 6.45) is 0. The van der Waals surface area contributed by atoms with Gasteiger partial charge in [0.1, 0.15) is 0 Å². The maximum atomic E-state index is 13.4. The lowest BCUT2D eigenvalue weighted by Crippen LogP contribution is -2.41. The van der Waals surface area contributed by atoms with E-state index in [-0.39, 0.29) is 17.5 Å². The lowest BCUT2D eigenvalue weighted by atomic mass is 10.1. The number of amides is 1. The van der Waals surface area contributed by atoms with Gasteiger partial charge in [-0.15, -0.1) is 0 Å². The van der Waals surface area contributed by atoms with E-state index in [1.807, 2.05) is 0 Å². The van der Waals surface area contributed by atoms with Crippen LogP contribution in [0.4, 0.5) is 0 Å². The van der Waals surface area contributed by atoms with Crippen molar-refractivity contribution in [3.63, 3.8) is 0 Å². The molecule has 0 aliphatic carbocycles. The summed E-state index contributed by atoms with van der Waals surface area (Å²) >= 11 is 24.4. The molecule has 0 aliphatic rings. The average Bonchev–Trinajstić information content (AvgIpc) is 2.76. The van der Waals surface area contributed by atoms with Crippen LogP contribution in [-0.2, 0) is 21.4 Å². The smallest absolute Gasteiger partial charge is 0.243 e. The number of rotatable bonds is 8. The SMILES string of the molecule is CC(NC(=O)CN(Cc1c(Cl)cccc1Cl)S(=O)(=O)c1ccc(Cl)cc1)c1ccc(Cl)cc1. The molecular formula is C23H20Cl4N2O3S. The highest BCUT2D eigenvalue weighted by atomic mass is 35.5. The standard InChI is InChI=1S/C23H20Cl4N2O3S/c1-15(16-5-7-17(24)8-6-16)28-23(30)14-29(13-20-21(26)3-2-4-22(20)27)33(31,32)19-11-9-18(25)10-12-19/h2-12,15H,13-14H2,1H3,(H,28,30). The summed E-state index contributed by atoms with van der Waals surface area (Å²) in [7, 11) is -4.07. The zero-order valence-electron chi connectivity index (χ0n) is 17.4. The van der Waals surface area contributed by atoms with E-state index in [9.17, 15) is 13.2 Å². The molecule has 0 saturated carbocycles. The number of hydrogen-bond donors (Lipinski definition) is 1. The first-order chi connectivity index (χ1) is 15.6. The molecule has 1 unspecified atom stereocenters. The van der Waals surface area contributed by atoms with Crippen molar-refractivity contribution in [2.24, 2.45) is 0 Å². The van der Waals surface area contributed by atoms with E-state index in [1.165, 1.54) is 24.3 Å². The summed E-state index contributed by atoms with van der Waals surface area (Å²) in [6.45, 7) is 1.17. The Morgan fingerprint density at radius 2 is 1.39 bits per heavy atom. The van der Waals surface area contributed by atoms with Crippen LogP contribution in [0.5, 0.6) is 0 Å². The molecule has 0 saturated heterocycles. The lowest BCUT2D eigenvalue weighted by molar-refractivity contribution is -0.122. The van der Waals surface area contributed by atoms with E-state index in [4.69, 9.17) is 46.4 Å². The van der Waals surface area contributed by atoms with Crippen LogP contribution < -0.4 is 5.32 Å². The first kappa shape index (κ1) is 25.8. The van der Waals surface area contributed by atoms with Gasteiger partial charge in [-0.1, -0.05) is 64.6 Å². The van der Waals surface area contributed by atoms with Gasteiger partial charge in [0.15, 0.2) is 0 Å². The van der Waals surface area contributed by atoms with Crippen LogP contribution in [-0.4, -0.2) is 25.2 Å².